The Bertz CT molecular complexity index is 645. The van der Waals surface area contributed by atoms with Gasteiger partial charge in [0.15, 0.2) is 11.5 Å². The van der Waals surface area contributed by atoms with E-state index in [1.807, 2.05) is 0 Å². The van der Waals surface area contributed by atoms with E-state index in [4.69, 9.17) is 15.2 Å². The summed E-state index contributed by atoms with van der Waals surface area (Å²) in [5, 5.41) is 2.68. The highest BCUT2D eigenvalue weighted by Crippen LogP contribution is 2.34. The molecule has 0 atom stereocenters. The van der Waals surface area contributed by atoms with Crippen molar-refractivity contribution in [3.05, 3.63) is 36.3 Å². The molecule has 1 amide bonds. The first-order chi connectivity index (χ1) is 9.22. The van der Waals surface area contributed by atoms with Crippen LogP contribution in [0.1, 0.15) is 10.5 Å². The number of nitrogens with two attached hydrogens (primary N) is 1. The van der Waals surface area contributed by atoms with Crippen molar-refractivity contribution < 1.29 is 14.3 Å². The van der Waals surface area contributed by atoms with Gasteiger partial charge < -0.3 is 20.5 Å². The lowest BCUT2D eigenvalue weighted by molar-refractivity contribution is 0.102. The highest BCUT2D eigenvalue weighted by atomic mass is 16.7. The van der Waals surface area contributed by atoms with Gasteiger partial charge in [-0.05, 0) is 12.1 Å². The van der Waals surface area contributed by atoms with Crippen molar-refractivity contribution in [2.45, 2.75) is 0 Å². The van der Waals surface area contributed by atoms with Crippen LogP contribution in [0.4, 0.5) is 11.5 Å². The zero-order chi connectivity index (χ0) is 13.2. The molecule has 19 heavy (non-hydrogen) atoms. The summed E-state index contributed by atoms with van der Waals surface area (Å²) in [6.45, 7) is 0.188. The first-order valence-corrected chi connectivity index (χ1v) is 5.51. The van der Waals surface area contributed by atoms with Crippen molar-refractivity contribution in [3.63, 3.8) is 0 Å². The largest absolute Gasteiger partial charge is 0.454 e. The number of aromatic nitrogens is 2. The molecule has 0 spiro atoms. The summed E-state index contributed by atoms with van der Waals surface area (Å²) in [4.78, 5) is 19.6. The van der Waals surface area contributed by atoms with Gasteiger partial charge in [0.2, 0.25) is 6.79 Å². The summed E-state index contributed by atoms with van der Waals surface area (Å²) in [5.41, 5.74) is 6.21. The zero-order valence-corrected chi connectivity index (χ0v) is 9.79. The minimum Gasteiger partial charge on any atom is -0.454 e. The molecule has 1 aliphatic heterocycles. The highest BCUT2D eigenvalue weighted by molar-refractivity contribution is 6.03. The predicted octanol–water partition coefficient (Wildman–Crippen LogP) is 1.04. The topological polar surface area (TPSA) is 99.4 Å². The van der Waals surface area contributed by atoms with Gasteiger partial charge in [0.25, 0.3) is 5.91 Å². The average molecular weight is 258 g/mol. The van der Waals surface area contributed by atoms with Crippen LogP contribution in [0.5, 0.6) is 11.5 Å². The van der Waals surface area contributed by atoms with Crippen LogP contribution < -0.4 is 20.5 Å². The summed E-state index contributed by atoms with van der Waals surface area (Å²) >= 11 is 0. The van der Waals surface area contributed by atoms with Gasteiger partial charge in [-0.2, -0.15) is 0 Å². The lowest BCUT2D eigenvalue weighted by Crippen LogP contribution is -2.14. The Labute approximate surface area is 108 Å². The molecule has 2 aromatic rings. The summed E-state index contributed by atoms with van der Waals surface area (Å²) in [5.74, 6) is 1.05. The molecule has 1 aromatic heterocycles. The van der Waals surface area contributed by atoms with E-state index in [0.717, 1.165) is 0 Å². The fourth-order valence-electron chi connectivity index (χ4n) is 1.66. The van der Waals surface area contributed by atoms with E-state index in [1.165, 1.54) is 12.4 Å². The number of carbonyl (C=O) groups excluding carboxylic acids is 1. The molecule has 96 valence electrons. The number of hydrogen-bond acceptors (Lipinski definition) is 6. The Morgan fingerprint density at radius 2 is 2.11 bits per heavy atom. The van der Waals surface area contributed by atoms with Gasteiger partial charge in [-0.3, -0.25) is 9.78 Å². The summed E-state index contributed by atoms with van der Waals surface area (Å²) < 4.78 is 10.4. The fourth-order valence-corrected chi connectivity index (χ4v) is 1.66. The molecular weight excluding hydrogens is 248 g/mol. The average Bonchev–Trinajstić information content (AvgIpc) is 2.86. The maximum Gasteiger partial charge on any atom is 0.275 e. The Hall–Kier alpha value is -2.83. The van der Waals surface area contributed by atoms with Gasteiger partial charge in [-0.15, -0.1) is 0 Å². The summed E-state index contributed by atoms with van der Waals surface area (Å²) in [6, 6.07) is 5.12. The molecule has 1 aromatic carbocycles. The van der Waals surface area contributed by atoms with E-state index < -0.39 is 5.91 Å². The first kappa shape index (κ1) is 11.3. The minimum atomic E-state index is -0.390. The second-order valence-electron chi connectivity index (χ2n) is 3.85. The van der Waals surface area contributed by atoms with E-state index in [-0.39, 0.29) is 18.3 Å². The van der Waals surface area contributed by atoms with Crippen molar-refractivity contribution in [2.75, 3.05) is 17.8 Å². The molecule has 0 aliphatic carbocycles. The number of nitrogens with one attached hydrogen (secondary N) is 1. The van der Waals surface area contributed by atoms with Crippen molar-refractivity contribution in [1.29, 1.82) is 0 Å². The third kappa shape index (κ3) is 2.25. The number of rotatable bonds is 2. The molecule has 3 N–H and O–H groups in total. The van der Waals surface area contributed by atoms with Crippen LogP contribution in [0.25, 0.3) is 0 Å². The molecule has 0 unspecified atom stereocenters. The molecule has 2 heterocycles. The lowest BCUT2D eigenvalue weighted by atomic mass is 10.2. The molecule has 0 saturated heterocycles. The van der Waals surface area contributed by atoms with Crippen molar-refractivity contribution >= 4 is 17.4 Å². The molecule has 0 bridgehead atoms. The number of hydrogen-bond donors (Lipinski definition) is 2. The number of ether oxygens (including phenoxy) is 2. The van der Waals surface area contributed by atoms with Crippen LogP contribution in [0.3, 0.4) is 0 Å². The van der Waals surface area contributed by atoms with Gasteiger partial charge in [0.05, 0.1) is 12.4 Å². The molecule has 1 aliphatic rings. The van der Waals surface area contributed by atoms with E-state index in [1.54, 1.807) is 18.2 Å². The van der Waals surface area contributed by atoms with Crippen LogP contribution in [0, 0.1) is 0 Å². The number of anilines is 2. The van der Waals surface area contributed by atoms with Gasteiger partial charge in [0, 0.05) is 11.8 Å². The van der Waals surface area contributed by atoms with E-state index >= 15 is 0 Å². The monoisotopic (exact) mass is 258 g/mol. The normalized spacial score (nSPS) is 12.2. The summed E-state index contributed by atoms with van der Waals surface area (Å²) in [7, 11) is 0. The van der Waals surface area contributed by atoms with Crippen LogP contribution in [-0.2, 0) is 0 Å². The lowest BCUT2D eigenvalue weighted by Gasteiger charge is -2.05. The quantitative estimate of drug-likeness (QED) is 0.834. The Balaban J connectivity index is 1.80. The second kappa shape index (κ2) is 4.45. The molecule has 0 radical (unpaired) electrons. The van der Waals surface area contributed by atoms with Crippen LogP contribution >= 0.6 is 0 Å². The third-order valence-electron chi connectivity index (χ3n) is 2.52. The number of nitrogens with zero attached hydrogens (tertiary/aromatic N) is 2. The molecule has 0 saturated carbocycles. The fraction of sp³-hybridized carbons (Fsp3) is 0.0833. The van der Waals surface area contributed by atoms with Crippen LogP contribution in [-0.4, -0.2) is 22.7 Å². The molecule has 7 heteroatoms. The number of benzene rings is 1. The maximum absolute atomic E-state index is 11.9. The molecule has 3 rings (SSSR count). The van der Waals surface area contributed by atoms with Gasteiger partial charge >= 0.3 is 0 Å². The number of fused-ring (bicyclic) bond motifs is 1. The zero-order valence-electron chi connectivity index (χ0n) is 9.79. The van der Waals surface area contributed by atoms with E-state index in [2.05, 4.69) is 15.3 Å². The van der Waals surface area contributed by atoms with Gasteiger partial charge in [-0.1, -0.05) is 0 Å². The number of carbonyl (C=O) groups is 1. The molecular formula is C12H10N4O3. The van der Waals surface area contributed by atoms with Crippen molar-refractivity contribution in [3.8, 4) is 11.5 Å². The highest BCUT2D eigenvalue weighted by Gasteiger charge is 2.15. The number of amides is 1. The predicted molar refractivity (Wildman–Crippen MR) is 67.0 cm³/mol. The Morgan fingerprint density at radius 3 is 2.95 bits per heavy atom. The van der Waals surface area contributed by atoms with E-state index in [0.29, 0.717) is 17.2 Å². The first-order valence-electron chi connectivity index (χ1n) is 5.51. The van der Waals surface area contributed by atoms with Gasteiger partial charge in [-0.25, -0.2) is 4.98 Å². The standard InChI is InChI=1S/C12H10N4O3/c13-11-5-14-4-8(16-11)12(17)15-7-1-2-9-10(3-7)19-6-18-9/h1-5H,6H2,(H2,13,16)(H,15,17). The maximum atomic E-state index is 11.9. The second-order valence-corrected chi connectivity index (χ2v) is 3.85. The SMILES string of the molecule is Nc1cncc(C(=O)Nc2ccc3c(c2)OCO3)n1. The van der Waals surface area contributed by atoms with E-state index in [9.17, 15) is 4.79 Å². The van der Waals surface area contributed by atoms with Gasteiger partial charge in [0.1, 0.15) is 11.5 Å². The van der Waals surface area contributed by atoms with Crippen LogP contribution in [0.15, 0.2) is 30.6 Å². The Morgan fingerprint density at radius 1 is 1.26 bits per heavy atom. The third-order valence-corrected chi connectivity index (χ3v) is 2.52. The molecule has 7 nitrogen and oxygen atoms in total. The molecule has 0 fully saturated rings. The van der Waals surface area contributed by atoms with Crippen molar-refractivity contribution in [1.82, 2.24) is 9.97 Å². The number of nitrogen functional groups attached to an aromatic ring is 1. The smallest absolute Gasteiger partial charge is 0.275 e. The Kier molecular flexibility index (Phi) is 2.64. The van der Waals surface area contributed by atoms with Crippen molar-refractivity contribution in [2.24, 2.45) is 0 Å². The minimum absolute atomic E-state index is 0.151. The summed E-state index contributed by atoms with van der Waals surface area (Å²) in [6.07, 6.45) is 2.72. The van der Waals surface area contributed by atoms with Crippen LogP contribution in [0.2, 0.25) is 0 Å².